The Balaban J connectivity index is 2.51. The predicted octanol–water partition coefficient (Wildman–Crippen LogP) is 0.460. The van der Waals surface area contributed by atoms with Crippen LogP contribution in [0, 0.1) is 5.92 Å². The predicted molar refractivity (Wildman–Crippen MR) is 52.5 cm³/mol. The quantitative estimate of drug-likeness (QED) is 0.674. The first kappa shape index (κ1) is 11.0. The Hall–Kier alpha value is -0.120. The minimum Gasteiger partial charge on any atom is -0.395 e. The Bertz CT molecular complexity index is 165. The molecule has 0 aliphatic carbocycles. The van der Waals surface area contributed by atoms with Crippen LogP contribution in [-0.2, 0) is 0 Å². The first-order chi connectivity index (χ1) is 5.94. The Kier molecular flexibility index (Phi) is 3.33. The zero-order valence-electron chi connectivity index (χ0n) is 8.82. The van der Waals surface area contributed by atoms with Crippen molar-refractivity contribution in [2.45, 2.75) is 38.8 Å². The van der Waals surface area contributed by atoms with Crippen molar-refractivity contribution in [1.29, 1.82) is 0 Å². The third-order valence-electron chi connectivity index (χ3n) is 2.77. The van der Waals surface area contributed by atoms with Gasteiger partial charge in [0.25, 0.3) is 0 Å². The third kappa shape index (κ3) is 2.93. The molecule has 13 heavy (non-hydrogen) atoms. The second-order valence-electron chi connectivity index (χ2n) is 4.80. The van der Waals surface area contributed by atoms with Crippen molar-refractivity contribution >= 4 is 0 Å². The van der Waals surface area contributed by atoms with Crippen LogP contribution in [0.1, 0.15) is 27.2 Å². The van der Waals surface area contributed by atoms with Crippen LogP contribution < -0.4 is 0 Å². The molecule has 0 radical (unpaired) electrons. The van der Waals surface area contributed by atoms with Crippen LogP contribution >= 0.6 is 0 Å². The SMILES string of the molecule is CC1CCN(CC(C)(C)O)C1CO. The van der Waals surface area contributed by atoms with Crippen molar-refractivity contribution in [2.75, 3.05) is 19.7 Å². The smallest absolute Gasteiger partial charge is 0.0718 e. The lowest BCUT2D eigenvalue weighted by molar-refractivity contribution is 0.0192. The van der Waals surface area contributed by atoms with Gasteiger partial charge in [0.05, 0.1) is 12.2 Å². The van der Waals surface area contributed by atoms with E-state index in [2.05, 4.69) is 11.8 Å². The molecule has 1 aliphatic rings. The van der Waals surface area contributed by atoms with Crippen LogP contribution in [0.25, 0.3) is 0 Å². The first-order valence-electron chi connectivity index (χ1n) is 5.01. The Labute approximate surface area is 80.4 Å². The van der Waals surface area contributed by atoms with E-state index >= 15 is 0 Å². The summed E-state index contributed by atoms with van der Waals surface area (Å²) in [6.45, 7) is 7.64. The van der Waals surface area contributed by atoms with Crippen LogP contribution in [0.5, 0.6) is 0 Å². The van der Waals surface area contributed by atoms with E-state index in [1.165, 1.54) is 0 Å². The molecule has 0 saturated carbocycles. The maximum Gasteiger partial charge on any atom is 0.0718 e. The van der Waals surface area contributed by atoms with Gasteiger partial charge in [0, 0.05) is 12.6 Å². The Morgan fingerprint density at radius 3 is 2.54 bits per heavy atom. The molecule has 0 bridgehead atoms. The summed E-state index contributed by atoms with van der Waals surface area (Å²) < 4.78 is 0. The lowest BCUT2D eigenvalue weighted by atomic mass is 10.0. The normalized spacial score (nSPS) is 31.2. The van der Waals surface area contributed by atoms with E-state index in [0.717, 1.165) is 13.0 Å². The van der Waals surface area contributed by atoms with Crippen molar-refractivity contribution < 1.29 is 10.2 Å². The summed E-state index contributed by atoms with van der Waals surface area (Å²) in [6.07, 6.45) is 1.13. The largest absolute Gasteiger partial charge is 0.395 e. The molecule has 1 heterocycles. The average molecular weight is 187 g/mol. The molecule has 2 N–H and O–H groups in total. The van der Waals surface area contributed by atoms with Crippen molar-refractivity contribution in [1.82, 2.24) is 4.90 Å². The zero-order valence-corrected chi connectivity index (χ0v) is 8.82. The van der Waals surface area contributed by atoms with E-state index in [1.807, 2.05) is 13.8 Å². The van der Waals surface area contributed by atoms with Gasteiger partial charge in [0.2, 0.25) is 0 Å². The highest BCUT2D eigenvalue weighted by Gasteiger charge is 2.33. The minimum atomic E-state index is -0.655. The number of hydrogen-bond donors (Lipinski definition) is 2. The summed E-state index contributed by atoms with van der Waals surface area (Å²) in [6, 6.07) is 0.242. The number of aliphatic hydroxyl groups excluding tert-OH is 1. The van der Waals surface area contributed by atoms with E-state index in [9.17, 15) is 10.2 Å². The monoisotopic (exact) mass is 187 g/mol. The molecule has 0 aromatic carbocycles. The van der Waals surface area contributed by atoms with Crippen molar-refractivity contribution in [2.24, 2.45) is 5.92 Å². The molecule has 0 aromatic heterocycles. The molecule has 1 saturated heterocycles. The minimum absolute atomic E-state index is 0.206. The number of nitrogens with zero attached hydrogens (tertiary/aromatic N) is 1. The lowest BCUT2D eigenvalue weighted by Crippen LogP contribution is -2.43. The maximum absolute atomic E-state index is 9.65. The number of β-amino-alcohol motifs (C(OH)–C–C–N with tert-alkyl or cyclic N) is 1. The lowest BCUT2D eigenvalue weighted by Gasteiger charge is -2.30. The van der Waals surface area contributed by atoms with Crippen molar-refractivity contribution in [3.05, 3.63) is 0 Å². The van der Waals surface area contributed by atoms with Crippen LogP contribution in [-0.4, -0.2) is 46.5 Å². The Morgan fingerprint density at radius 2 is 2.08 bits per heavy atom. The molecule has 2 unspecified atom stereocenters. The molecule has 3 heteroatoms. The van der Waals surface area contributed by atoms with Crippen molar-refractivity contribution in [3.8, 4) is 0 Å². The molecule has 0 amide bonds. The summed E-state index contributed by atoms with van der Waals surface area (Å²) in [5.41, 5.74) is -0.655. The topological polar surface area (TPSA) is 43.7 Å². The van der Waals surface area contributed by atoms with Gasteiger partial charge < -0.3 is 10.2 Å². The standard InChI is InChI=1S/C10H21NO2/c1-8-4-5-11(9(8)6-12)7-10(2,3)13/h8-9,12-13H,4-7H2,1-3H3. The maximum atomic E-state index is 9.65. The summed E-state index contributed by atoms with van der Waals surface area (Å²) >= 11 is 0. The van der Waals surface area contributed by atoms with Gasteiger partial charge in [-0.05, 0) is 32.7 Å². The molecule has 0 spiro atoms. The summed E-state index contributed by atoms with van der Waals surface area (Å²) in [4.78, 5) is 2.19. The number of aliphatic hydroxyl groups is 2. The van der Waals surface area contributed by atoms with E-state index in [-0.39, 0.29) is 12.6 Å². The summed E-state index contributed by atoms with van der Waals surface area (Å²) in [7, 11) is 0. The van der Waals surface area contributed by atoms with Crippen LogP contribution in [0.3, 0.4) is 0 Å². The molecular weight excluding hydrogens is 166 g/mol. The van der Waals surface area contributed by atoms with Crippen LogP contribution in [0.15, 0.2) is 0 Å². The van der Waals surface area contributed by atoms with Crippen LogP contribution in [0.4, 0.5) is 0 Å². The molecule has 1 rings (SSSR count). The molecule has 1 fully saturated rings. The number of rotatable bonds is 3. The van der Waals surface area contributed by atoms with Gasteiger partial charge >= 0.3 is 0 Å². The highest BCUT2D eigenvalue weighted by molar-refractivity contribution is 4.87. The van der Waals surface area contributed by atoms with Crippen molar-refractivity contribution in [3.63, 3.8) is 0 Å². The first-order valence-corrected chi connectivity index (χ1v) is 5.01. The van der Waals surface area contributed by atoms with Gasteiger partial charge in [0.1, 0.15) is 0 Å². The summed E-state index contributed by atoms with van der Waals surface area (Å²) in [5.74, 6) is 0.548. The molecule has 2 atom stereocenters. The third-order valence-corrected chi connectivity index (χ3v) is 2.77. The van der Waals surface area contributed by atoms with E-state index in [4.69, 9.17) is 0 Å². The van der Waals surface area contributed by atoms with E-state index in [0.29, 0.717) is 12.5 Å². The number of likely N-dealkylation sites (tertiary alicyclic amines) is 1. The highest BCUT2D eigenvalue weighted by atomic mass is 16.3. The highest BCUT2D eigenvalue weighted by Crippen LogP contribution is 2.24. The molecule has 1 aliphatic heterocycles. The van der Waals surface area contributed by atoms with Gasteiger partial charge in [0.15, 0.2) is 0 Å². The van der Waals surface area contributed by atoms with Gasteiger partial charge in [-0.1, -0.05) is 6.92 Å². The fourth-order valence-corrected chi connectivity index (χ4v) is 2.08. The fraction of sp³-hybridized carbons (Fsp3) is 1.00. The second kappa shape index (κ2) is 3.95. The number of hydrogen-bond acceptors (Lipinski definition) is 3. The molecule has 3 nitrogen and oxygen atoms in total. The van der Waals surface area contributed by atoms with E-state index in [1.54, 1.807) is 0 Å². The second-order valence-corrected chi connectivity index (χ2v) is 4.80. The van der Waals surface area contributed by atoms with Gasteiger partial charge in [-0.15, -0.1) is 0 Å². The Morgan fingerprint density at radius 1 is 1.46 bits per heavy atom. The van der Waals surface area contributed by atoms with Gasteiger partial charge in [-0.25, -0.2) is 0 Å². The van der Waals surface area contributed by atoms with E-state index < -0.39 is 5.60 Å². The van der Waals surface area contributed by atoms with Gasteiger partial charge in [-0.3, -0.25) is 4.90 Å². The fourth-order valence-electron chi connectivity index (χ4n) is 2.08. The zero-order chi connectivity index (χ0) is 10.1. The molecule has 0 aromatic rings. The average Bonchev–Trinajstić information content (AvgIpc) is 2.28. The molecule has 78 valence electrons. The van der Waals surface area contributed by atoms with Gasteiger partial charge in [-0.2, -0.15) is 0 Å². The summed E-state index contributed by atoms with van der Waals surface area (Å²) in [5, 5.41) is 18.8. The van der Waals surface area contributed by atoms with Crippen LogP contribution in [0.2, 0.25) is 0 Å². The molecular formula is C10H21NO2.